The minimum Gasteiger partial charge on any atom is -0.497 e. The summed E-state index contributed by atoms with van der Waals surface area (Å²) < 4.78 is 26.4. The Hall–Kier alpha value is -3.60. The lowest BCUT2D eigenvalue weighted by Gasteiger charge is -2.08. The summed E-state index contributed by atoms with van der Waals surface area (Å²) in [4.78, 5) is 13.3. The number of unbranched alkanes of at least 4 members (excludes halogenated alkanes) is 1. The van der Waals surface area contributed by atoms with Gasteiger partial charge in [-0.05, 0) is 73.2 Å². The number of rotatable bonds is 8. The van der Waals surface area contributed by atoms with E-state index in [9.17, 15) is 9.18 Å². The molecule has 0 aliphatic rings. The second-order valence-corrected chi connectivity index (χ2v) is 7.38. The molecular weight excluding hydrogens is 393 g/mol. The van der Waals surface area contributed by atoms with Crippen molar-refractivity contribution in [2.24, 2.45) is 0 Å². The molecule has 4 aromatic rings. The highest BCUT2D eigenvalue weighted by molar-refractivity contribution is 6.16. The zero-order valence-electron chi connectivity index (χ0n) is 17.6. The average Bonchev–Trinajstić information content (AvgIpc) is 3.16. The summed E-state index contributed by atoms with van der Waals surface area (Å²) in [6, 6.07) is 18.7. The fourth-order valence-electron chi connectivity index (χ4n) is 3.57. The van der Waals surface area contributed by atoms with E-state index in [1.165, 1.54) is 12.1 Å². The van der Waals surface area contributed by atoms with Crippen molar-refractivity contribution in [3.63, 3.8) is 0 Å². The molecule has 158 valence electrons. The highest BCUT2D eigenvalue weighted by atomic mass is 19.1. The van der Waals surface area contributed by atoms with Gasteiger partial charge >= 0.3 is 0 Å². The number of methoxy groups -OCH3 is 1. The number of aromatic nitrogens is 1. The first kappa shape index (κ1) is 20.7. The number of hydrogen-bond donors (Lipinski definition) is 0. The quantitative estimate of drug-likeness (QED) is 0.303. The molecule has 0 spiro atoms. The summed E-state index contributed by atoms with van der Waals surface area (Å²) in [6.07, 6.45) is 4.01. The summed E-state index contributed by atoms with van der Waals surface area (Å²) in [5.41, 5.74) is 2.21. The topological polar surface area (TPSA) is 40.5 Å². The van der Waals surface area contributed by atoms with Crippen molar-refractivity contribution in [2.75, 3.05) is 7.11 Å². The molecule has 4 rings (SSSR count). The molecule has 0 aliphatic heterocycles. The van der Waals surface area contributed by atoms with Gasteiger partial charge in [0.15, 0.2) is 5.78 Å². The molecule has 0 unspecified atom stereocenters. The Labute approximate surface area is 180 Å². The van der Waals surface area contributed by atoms with Gasteiger partial charge in [0, 0.05) is 34.8 Å². The van der Waals surface area contributed by atoms with E-state index in [1.54, 1.807) is 43.5 Å². The zero-order chi connectivity index (χ0) is 21.8. The van der Waals surface area contributed by atoms with Crippen LogP contribution < -0.4 is 9.47 Å². The molecule has 0 saturated heterocycles. The minimum atomic E-state index is -0.317. The number of ketones is 1. The van der Waals surface area contributed by atoms with Gasteiger partial charge in [-0.25, -0.2) is 4.39 Å². The first-order valence-corrected chi connectivity index (χ1v) is 10.3. The third-order valence-electron chi connectivity index (χ3n) is 5.25. The summed E-state index contributed by atoms with van der Waals surface area (Å²) in [5, 5.41) is 0.830. The number of nitrogens with zero attached hydrogens (tertiary/aromatic N) is 1. The van der Waals surface area contributed by atoms with Crippen LogP contribution in [0.5, 0.6) is 17.2 Å². The smallest absolute Gasteiger partial charge is 0.195 e. The van der Waals surface area contributed by atoms with Crippen LogP contribution in [-0.4, -0.2) is 17.5 Å². The second-order valence-electron chi connectivity index (χ2n) is 7.38. The number of carbonyl (C=O) groups excluding carboxylic acids is 1. The summed E-state index contributed by atoms with van der Waals surface area (Å²) >= 11 is 0. The number of hydrogen-bond acceptors (Lipinski definition) is 3. The second kappa shape index (κ2) is 9.04. The molecule has 1 aromatic heterocycles. The maximum absolute atomic E-state index is 13.3. The van der Waals surface area contributed by atoms with Gasteiger partial charge in [-0.15, -0.1) is 0 Å². The third-order valence-corrected chi connectivity index (χ3v) is 5.25. The number of fused-ring (bicyclic) bond motifs is 1. The summed E-state index contributed by atoms with van der Waals surface area (Å²) in [5.74, 6) is 1.47. The largest absolute Gasteiger partial charge is 0.497 e. The fourth-order valence-corrected chi connectivity index (χ4v) is 3.57. The van der Waals surface area contributed by atoms with Crippen molar-refractivity contribution in [2.45, 2.75) is 26.3 Å². The number of benzene rings is 3. The molecule has 4 nitrogen and oxygen atoms in total. The first-order chi connectivity index (χ1) is 15.1. The molecule has 0 fully saturated rings. The van der Waals surface area contributed by atoms with E-state index in [0.717, 1.165) is 30.3 Å². The lowest BCUT2D eigenvalue weighted by Crippen LogP contribution is -2.01. The Bertz CT molecular complexity index is 1190. The van der Waals surface area contributed by atoms with Crippen LogP contribution in [0.15, 0.2) is 72.9 Å². The predicted molar refractivity (Wildman–Crippen MR) is 120 cm³/mol. The predicted octanol–water partition coefficient (Wildman–Crippen LogP) is 6.61. The van der Waals surface area contributed by atoms with Crippen LogP contribution >= 0.6 is 0 Å². The van der Waals surface area contributed by atoms with Crippen molar-refractivity contribution in [1.82, 2.24) is 4.57 Å². The summed E-state index contributed by atoms with van der Waals surface area (Å²) in [7, 11) is 1.60. The Morgan fingerprint density at radius 1 is 0.935 bits per heavy atom. The molecule has 0 bridgehead atoms. The molecule has 0 radical (unpaired) electrons. The van der Waals surface area contributed by atoms with E-state index in [1.807, 2.05) is 24.4 Å². The van der Waals surface area contributed by atoms with Crippen LogP contribution in [0, 0.1) is 5.82 Å². The van der Waals surface area contributed by atoms with E-state index >= 15 is 0 Å². The Balaban J connectivity index is 1.74. The number of aryl methyl sites for hydroxylation is 1. The Morgan fingerprint density at radius 3 is 2.29 bits per heavy atom. The highest BCUT2D eigenvalue weighted by Gasteiger charge is 2.18. The van der Waals surface area contributed by atoms with Gasteiger partial charge in [0.25, 0.3) is 0 Å². The van der Waals surface area contributed by atoms with E-state index in [-0.39, 0.29) is 11.6 Å². The van der Waals surface area contributed by atoms with Crippen LogP contribution in [0.25, 0.3) is 10.9 Å². The molecule has 0 atom stereocenters. The molecule has 31 heavy (non-hydrogen) atoms. The van der Waals surface area contributed by atoms with Crippen molar-refractivity contribution < 1.29 is 18.7 Å². The van der Waals surface area contributed by atoms with Crippen LogP contribution in [0.3, 0.4) is 0 Å². The molecular formula is C26H24FNO3. The third kappa shape index (κ3) is 4.45. The lowest BCUT2D eigenvalue weighted by atomic mass is 10.0. The van der Waals surface area contributed by atoms with Gasteiger partial charge in [-0.3, -0.25) is 4.79 Å². The van der Waals surface area contributed by atoms with Gasteiger partial charge in [0.1, 0.15) is 23.1 Å². The molecule has 5 heteroatoms. The maximum atomic E-state index is 13.3. The summed E-state index contributed by atoms with van der Waals surface area (Å²) in [6.45, 7) is 2.98. The highest BCUT2D eigenvalue weighted by Crippen LogP contribution is 2.31. The normalized spacial score (nSPS) is 10.9. The fraction of sp³-hybridized carbons (Fsp3) is 0.192. The van der Waals surface area contributed by atoms with Crippen LogP contribution in [0.1, 0.15) is 35.7 Å². The van der Waals surface area contributed by atoms with Gasteiger partial charge in [-0.1, -0.05) is 13.3 Å². The van der Waals surface area contributed by atoms with Gasteiger partial charge in [0.05, 0.1) is 7.11 Å². The molecule has 1 heterocycles. The van der Waals surface area contributed by atoms with Gasteiger partial charge < -0.3 is 14.0 Å². The van der Waals surface area contributed by atoms with E-state index in [0.29, 0.717) is 28.4 Å². The van der Waals surface area contributed by atoms with Crippen molar-refractivity contribution in [3.05, 3.63) is 89.9 Å². The van der Waals surface area contributed by atoms with Crippen LogP contribution in [-0.2, 0) is 6.54 Å². The zero-order valence-corrected chi connectivity index (χ0v) is 17.6. The molecule has 0 amide bonds. The SMILES string of the molecule is CCCCn1cc(C(=O)c2ccc(OC)cc2)c2cc(Oc3ccc(F)cc3)ccc21. The van der Waals surface area contributed by atoms with Crippen molar-refractivity contribution in [3.8, 4) is 17.2 Å². The van der Waals surface area contributed by atoms with E-state index in [4.69, 9.17) is 9.47 Å². The molecule has 0 aliphatic carbocycles. The Kier molecular flexibility index (Phi) is 6.03. The number of halogens is 1. The maximum Gasteiger partial charge on any atom is 0.195 e. The first-order valence-electron chi connectivity index (χ1n) is 10.3. The monoisotopic (exact) mass is 417 g/mol. The van der Waals surface area contributed by atoms with Crippen molar-refractivity contribution in [1.29, 1.82) is 0 Å². The molecule has 0 N–H and O–H groups in total. The van der Waals surface area contributed by atoms with Crippen LogP contribution in [0.4, 0.5) is 4.39 Å². The molecule has 3 aromatic carbocycles. The number of ether oxygens (including phenoxy) is 2. The Morgan fingerprint density at radius 2 is 1.61 bits per heavy atom. The van der Waals surface area contributed by atoms with Gasteiger partial charge in [0.2, 0.25) is 0 Å². The van der Waals surface area contributed by atoms with Crippen molar-refractivity contribution >= 4 is 16.7 Å². The van der Waals surface area contributed by atoms with E-state index in [2.05, 4.69) is 11.5 Å². The standard InChI is InChI=1S/C26H24FNO3/c1-3-4-15-28-17-24(26(29)18-5-9-20(30-2)10-6-18)23-16-22(13-14-25(23)28)31-21-11-7-19(27)8-12-21/h5-14,16-17H,3-4,15H2,1-2H3. The van der Waals surface area contributed by atoms with Gasteiger partial charge in [-0.2, -0.15) is 0 Å². The lowest BCUT2D eigenvalue weighted by molar-refractivity contribution is 0.104. The van der Waals surface area contributed by atoms with E-state index < -0.39 is 0 Å². The average molecular weight is 417 g/mol. The minimum absolute atomic E-state index is 0.0539. The molecule has 0 saturated carbocycles. The number of carbonyl (C=O) groups is 1. The van der Waals surface area contributed by atoms with Crippen LogP contribution in [0.2, 0.25) is 0 Å².